The Bertz CT molecular complexity index is 474. The summed E-state index contributed by atoms with van der Waals surface area (Å²) in [5.74, 6) is 0.930. The van der Waals surface area contributed by atoms with Gasteiger partial charge in [-0.1, -0.05) is 6.42 Å². The number of rotatable bonds is 5. The average Bonchev–Trinajstić information content (AvgIpc) is 2.47. The molecule has 1 atom stereocenters. The second-order valence-corrected chi connectivity index (χ2v) is 5.44. The SMILES string of the molecule is COc1ccc(C(C)=O)cc1CN1CCCCC1CN. The number of nitrogens with two attached hydrogens (primary N) is 1. The molecule has 1 saturated heterocycles. The van der Waals surface area contributed by atoms with Crippen molar-refractivity contribution in [3.8, 4) is 5.75 Å². The van der Waals surface area contributed by atoms with Gasteiger partial charge in [-0.3, -0.25) is 9.69 Å². The third-order valence-electron chi connectivity index (χ3n) is 4.08. The number of piperidine rings is 1. The van der Waals surface area contributed by atoms with E-state index in [1.54, 1.807) is 14.0 Å². The Hall–Kier alpha value is -1.39. The lowest BCUT2D eigenvalue weighted by atomic mass is 10.00. The van der Waals surface area contributed by atoms with Crippen molar-refractivity contribution in [3.05, 3.63) is 29.3 Å². The van der Waals surface area contributed by atoms with Crippen molar-refractivity contribution in [3.63, 3.8) is 0 Å². The zero-order chi connectivity index (χ0) is 14.5. The molecule has 2 N–H and O–H groups in total. The highest BCUT2D eigenvalue weighted by Crippen LogP contribution is 2.25. The molecule has 2 rings (SSSR count). The third kappa shape index (κ3) is 3.38. The van der Waals surface area contributed by atoms with Gasteiger partial charge in [-0.25, -0.2) is 0 Å². The van der Waals surface area contributed by atoms with E-state index in [-0.39, 0.29) is 5.78 Å². The highest BCUT2D eigenvalue weighted by Gasteiger charge is 2.22. The Labute approximate surface area is 120 Å². The number of benzene rings is 1. The molecular formula is C16H24N2O2. The number of nitrogens with zero attached hydrogens (tertiary/aromatic N) is 1. The Morgan fingerprint density at radius 1 is 1.45 bits per heavy atom. The van der Waals surface area contributed by atoms with Gasteiger partial charge in [0.2, 0.25) is 0 Å². The number of ether oxygens (including phenoxy) is 1. The molecule has 4 nitrogen and oxygen atoms in total. The van der Waals surface area contributed by atoms with E-state index in [4.69, 9.17) is 10.5 Å². The molecule has 110 valence electrons. The number of methoxy groups -OCH3 is 1. The van der Waals surface area contributed by atoms with Crippen LogP contribution in [0, 0.1) is 0 Å². The van der Waals surface area contributed by atoms with Gasteiger partial charge in [0.05, 0.1) is 7.11 Å². The summed E-state index contributed by atoms with van der Waals surface area (Å²) in [5.41, 5.74) is 7.68. The lowest BCUT2D eigenvalue weighted by Gasteiger charge is -2.35. The predicted molar refractivity (Wildman–Crippen MR) is 80.1 cm³/mol. The molecule has 0 bridgehead atoms. The van der Waals surface area contributed by atoms with Crippen LogP contribution in [0.15, 0.2) is 18.2 Å². The first-order chi connectivity index (χ1) is 9.65. The molecule has 0 aliphatic carbocycles. The predicted octanol–water partition coefficient (Wildman–Crippen LogP) is 2.21. The van der Waals surface area contributed by atoms with E-state index in [0.717, 1.165) is 36.4 Å². The van der Waals surface area contributed by atoms with Crippen LogP contribution >= 0.6 is 0 Å². The molecule has 1 fully saturated rings. The van der Waals surface area contributed by atoms with Gasteiger partial charge >= 0.3 is 0 Å². The lowest BCUT2D eigenvalue weighted by molar-refractivity contribution is 0.101. The summed E-state index contributed by atoms with van der Waals surface area (Å²) in [7, 11) is 1.67. The van der Waals surface area contributed by atoms with E-state index in [9.17, 15) is 4.79 Å². The van der Waals surface area contributed by atoms with Crippen LogP contribution < -0.4 is 10.5 Å². The summed E-state index contributed by atoms with van der Waals surface area (Å²) < 4.78 is 5.42. The summed E-state index contributed by atoms with van der Waals surface area (Å²) >= 11 is 0. The van der Waals surface area contributed by atoms with Crippen molar-refractivity contribution < 1.29 is 9.53 Å². The zero-order valence-corrected chi connectivity index (χ0v) is 12.4. The van der Waals surface area contributed by atoms with E-state index >= 15 is 0 Å². The number of carbonyl (C=O) groups is 1. The fourth-order valence-corrected chi connectivity index (χ4v) is 2.88. The number of hydrogen-bond donors (Lipinski definition) is 1. The molecular weight excluding hydrogens is 252 g/mol. The number of hydrogen-bond acceptors (Lipinski definition) is 4. The van der Waals surface area contributed by atoms with Gasteiger partial charge in [0.1, 0.15) is 5.75 Å². The topological polar surface area (TPSA) is 55.6 Å². The summed E-state index contributed by atoms with van der Waals surface area (Å²) in [6.07, 6.45) is 3.62. The van der Waals surface area contributed by atoms with Crippen molar-refractivity contribution >= 4 is 5.78 Å². The third-order valence-corrected chi connectivity index (χ3v) is 4.08. The Morgan fingerprint density at radius 3 is 2.90 bits per heavy atom. The summed E-state index contributed by atoms with van der Waals surface area (Å²) in [4.78, 5) is 13.9. The minimum atomic E-state index is 0.0860. The van der Waals surface area contributed by atoms with Crippen LogP contribution in [-0.4, -0.2) is 36.9 Å². The fraction of sp³-hybridized carbons (Fsp3) is 0.562. The van der Waals surface area contributed by atoms with Crippen LogP contribution in [0.3, 0.4) is 0 Å². The second kappa shape index (κ2) is 6.86. The van der Waals surface area contributed by atoms with Crippen LogP contribution in [-0.2, 0) is 6.54 Å². The van der Waals surface area contributed by atoms with E-state index in [2.05, 4.69) is 4.90 Å². The molecule has 20 heavy (non-hydrogen) atoms. The van der Waals surface area contributed by atoms with Crippen molar-refractivity contribution in [2.24, 2.45) is 5.73 Å². The summed E-state index contributed by atoms with van der Waals surface area (Å²) in [6, 6.07) is 6.09. The summed E-state index contributed by atoms with van der Waals surface area (Å²) in [5, 5.41) is 0. The van der Waals surface area contributed by atoms with Gasteiger partial charge in [0.15, 0.2) is 5.78 Å². The van der Waals surface area contributed by atoms with Crippen molar-refractivity contribution in [1.82, 2.24) is 4.90 Å². The monoisotopic (exact) mass is 276 g/mol. The van der Waals surface area contributed by atoms with Crippen LogP contribution in [0.2, 0.25) is 0 Å². The molecule has 1 aromatic carbocycles. The first-order valence-corrected chi connectivity index (χ1v) is 7.27. The Morgan fingerprint density at radius 2 is 2.25 bits per heavy atom. The normalized spacial score (nSPS) is 19.9. The number of ketones is 1. The van der Waals surface area contributed by atoms with Gasteiger partial charge in [-0.2, -0.15) is 0 Å². The van der Waals surface area contributed by atoms with Gasteiger partial charge in [0, 0.05) is 30.3 Å². The number of carbonyl (C=O) groups excluding carboxylic acids is 1. The second-order valence-electron chi connectivity index (χ2n) is 5.44. The smallest absolute Gasteiger partial charge is 0.159 e. The van der Waals surface area contributed by atoms with E-state index in [1.807, 2.05) is 18.2 Å². The van der Waals surface area contributed by atoms with E-state index in [0.29, 0.717) is 12.6 Å². The van der Waals surface area contributed by atoms with Crippen LogP contribution in [0.25, 0.3) is 0 Å². The summed E-state index contributed by atoms with van der Waals surface area (Å²) in [6.45, 7) is 4.14. The Balaban J connectivity index is 2.21. The van der Waals surface area contributed by atoms with E-state index in [1.165, 1.54) is 12.8 Å². The van der Waals surface area contributed by atoms with Crippen LogP contribution in [0.5, 0.6) is 5.75 Å². The maximum Gasteiger partial charge on any atom is 0.159 e. The zero-order valence-electron chi connectivity index (χ0n) is 12.4. The molecule has 0 radical (unpaired) electrons. The van der Waals surface area contributed by atoms with Gasteiger partial charge in [-0.05, 0) is 44.5 Å². The molecule has 1 heterocycles. The molecule has 1 aliphatic heterocycles. The van der Waals surface area contributed by atoms with Gasteiger partial charge in [-0.15, -0.1) is 0 Å². The molecule has 0 amide bonds. The minimum Gasteiger partial charge on any atom is -0.496 e. The highest BCUT2D eigenvalue weighted by atomic mass is 16.5. The molecule has 0 saturated carbocycles. The minimum absolute atomic E-state index is 0.0860. The maximum atomic E-state index is 11.5. The molecule has 1 unspecified atom stereocenters. The highest BCUT2D eigenvalue weighted by molar-refractivity contribution is 5.94. The molecule has 0 aromatic heterocycles. The lowest BCUT2D eigenvalue weighted by Crippen LogP contribution is -2.43. The largest absolute Gasteiger partial charge is 0.496 e. The van der Waals surface area contributed by atoms with Crippen LogP contribution in [0.1, 0.15) is 42.1 Å². The van der Waals surface area contributed by atoms with Crippen molar-refractivity contribution in [2.75, 3.05) is 20.2 Å². The fourth-order valence-electron chi connectivity index (χ4n) is 2.88. The molecule has 0 spiro atoms. The number of likely N-dealkylation sites (tertiary alicyclic amines) is 1. The quantitative estimate of drug-likeness (QED) is 0.838. The Kier molecular flexibility index (Phi) is 5.15. The number of Topliss-reactive ketones (excluding diaryl/α,β-unsaturated/α-hetero) is 1. The molecule has 1 aromatic rings. The van der Waals surface area contributed by atoms with Crippen LogP contribution in [0.4, 0.5) is 0 Å². The molecule has 4 heteroatoms. The first kappa shape index (κ1) is 15.0. The van der Waals surface area contributed by atoms with Crippen molar-refractivity contribution in [1.29, 1.82) is 0 Å². The van der Waals surface area contributed by atoms with E-state index < -0.39 is 0 Å². The molecule has 1 aliphatic rings. The maximum absolute atomic E-state index is 11.5. The standard InChI is InChI=1S/C16H24N2O2/c1-12(19)13-6-7-16(20-2)14(9-13)11-18-8-4-3-5-15(18)10-17/h6-7,9,15H,3-5,8,10-11,17H2,1-2H3. The first-order valence-electron chi connectivity index (χ1n) is 7.27. The van der Waals surface area contributed by atoms with Gasteiger partial charge < -0.3 is 10.5 Å². The average molecular weight is 276 g/mol. The van der Waals surface area contributed by atoms with Crippen molar-refractivity contribution in [2.45, 2.75) is 38.8 Å². The van der Waals surface area contributed by atoms with Gasteiger partial charge in [0.25, 0.3) is 0 Å².